The Hall–Kier alpha value is -1.18. The summed E-state index contributed by atoms with van der Waals surface area (Å²) in [6, 6.07) is 0. The van der Waals surface area contributed by atoms with E-state index in [2.05, 4.69) is 26.3 Å². The zero-order chi connectivity index (χ0) is 13.2. The first-order chi connectivity index (χ1) is 7.73. The van der Waals surface area contributed by atoms with Gasteiger partial charge in [-0.25, -0.2) is 10.1 Å². The summed E-state index contributed by atoms with van der Waals surface area (Å²) in [6.45, 7) is 6.61. The van der Waals surface area contributed by atoms with Crippen LogP contribution in [0.25, 0.3) is 0 Å². The van der Waals surface area contributed by atoms with Crippen LogP contribution >= 0.6 is 15.9 Å². The van der Waals surface area contributed by atoms with E-state index in [1.807, 2.05) is 20.8 Å². The molecule has 1 amide bonds. The van der Waals surface area contributed by atoms with Crippen LogP contribution in [0.15, 0.2) is 5.10 Å². The normalized spacial score (nSPS) is 20.2. The highest BCUT2D eigenvalue weighted by atomic mass is 79.9. The SMILES string of the molecule is CC(C)(C)C(Br)C(=O)N1CCN/C1=N/[N+](=O)[O-]. The van der Waals surface area contributed by atoms with Gasteiger partial charge in [-0.2, -0.15) is 0 Å². The fourth-order valence-electron chi connectivity index (χ4n) is 1.37. The third-order valence-electron chi connectivity index (χ3n) is 2.29. The number of carbonyl (C=O) groups excluding carboxylic acids is 1. The molecule has 0 radical (unpaired) electrons. The van der Waals surface area contributed by atoms with Gasteiger partial charge in [0.25, 0.3) is 5.96 Å². The number of amides is 1. The summed E-state index contributed by atoms with van der Waals surface area (Å²) < 4.78 is 0. The van der Waals surface area contributed by atoms with Crippen LogP contribution in [0.1, 0.15) is 20.8 Å². The Morgan fingerprint density at radius 1 is 1.65 bits per heavy atom. The lowest BCUT2D eigenvalue weighted by Crippen LogP contribution is -2.44. The monoisotopic (exact) mass is 306 g/mol. The highest BCUT2D eigenvalue weighted by molar-refractivity contribution is 9.10. The van der Waals surface area contributed by atoms with Gasteiger partial charge in [0.2, 0.25) is 5.91 Å². The van der Waals surface area contributed by atoms with E-state index in [4.69, 9.17) is 0 Å². The minimum atomic E-state index is -0.811. The van der Waals surface area contributed by atoms with Crippen molar-refractivity contribution in [3.8, 4) is 0 Å². The van der Waals surface area contributed by atoms with E-state index >= 15 is 0 Å². The van der Waals surface area contributed by atoms with Crippen molar-refractivity contribution in [1.82, 2.24) is 10.2 Å². The lowest BCUT2D eigenvalue weighted by molar-refractivity contribution is -0.485. The van der Waals surface area contributed by atoms with Gasteiger partial charge in [-0.3, -0.25) is 9.69 Å². The molecule has 1 fully saturated rings. The Balaban J connectivity index is 2.86. The Bertz CT molecular complexity index is 364. The largest absolute Gasteiger partial charge is 0.349 e. The van der Waals surface area contributed by atoms with Gasteiger partial charge in [0, 0.05) is 13.1 Å². The van der Waals surface area contributed by atoms with Crippen molar-refractivity contribution in [1.29, 1.82) is 0 Å². The molecular weight excluding hydrogens is 292 g/mol. The van der Waals surface area contributed by atoms with Crippen molar-refractivity contribution in [2.24, 2.45) is 10.5 Å². The van der Waals surface area contributed by atoms with Crippen LogP contribution < -0.4 is 5.32 Å². The Labute approximate surface area is 108 Å². The number of nitrogens with one attached hydrogen (secondary N) is 1. The second kappa shape index (κ2) is 4.99. The quantitative estimate of drug-likeness (QED) is 0.464. The number of hydrogen-bond acceptors (Lipinski definition) is 3. The second-order valence-corrected chi connectivity index (χ2v) is 5.72. The molecule has 0 aromatic carbocycles. The van der Waals surface area contributed by atoms with Crippen molar-refractivity contribution in [2.45, 2.75) is 25.6 Å². The standard InChI is InChI=1S/C9H15BrN4O3/c1-9(2,3)6(10)7(15)13-5-4-11-8(13)12-14(16)17/h6H,4-5H2,1-3H3,(H,11,12). The number of nitro groups is 1. The third kappa shape index (κ3) is 3.39. The zero-order valence-corrected chi connectivity index (χ0v) is 11.5. The number of hydrazone groups is 1. The van der Waals surface area contributed by atoms with Gasteiger partial charge in [0.05, 0.1) is 4.83 Å². The summed E-state index contributed by atoms with van der Waals surface area (Å²) >= 11 is 3.32. The molecule has 1 aliphatic rings. The van der Waals surface area contributed by atoms with Crippen molar-refractivity contribution in [2.75, 3.05) is 13.1 Å². The maximum Gasteiger partial charge on any atom is 0.278 e. The number of carbonyl (C=O) groups is 1. The van der Waals surface area contributed by atoms with Gasteiger partial charge in [-0.1, -0.05) is 36.7 Å². The number of alkyl halides is 1. The second-order valence-electron chi connectivity index (χ2n) is 4.81. The molecule has 1 saturated heterocycles. The molecule has 1 rings (SSSR count). The molecule has 1 heterocycles. The highest BCUT2D eigenvalue weighted by Crippen LogP contribution is 2.28. The molecule has 0 bridgehead atoms. The Morgan fingerprint density at radius 2 is 2.24 bits per heavy atom. The smallest absolute Gasteiger partial charge is 0.278 e. The maximum absolute atomic E-state index is 12.1. The van der Waals surface area contributed by atoms with Gasteiger partial charge in [0.15, 0.2) is 5.03 Å². The van der Waals surface area contributed by atoms with Crippen LogP contribution in [0.5, 0.6) is 0 Å². The molecule has 17 heavy (non-hydrogen) atoms. The molecule has 7 nitrogen and oxygen atoms in total. The average molecular weight is 307 g/mol. The number of rotatable bonds is 2. The van der Waals surface area contributed by atoms with E-state index in [1.165, 1.54) is 4.90 Å². The molecule has 0 aliphatic carbocycles. The average Bonchev–Trinajstić information content (AvgIpc) is 2.61. The lowest BCUT2D eigenvalue weighted by atomic mass is 9.91. The first-order valence-corrected chi connectivity index (χ1v) is 6.07. The molecular formula is C9H15BrN4O3. The van der Waals surface area contributed by atoms with Gasteiger partial charge in [-0.15, -0.1) is 0 Å². The minimum absolute atomic E-state index is 0.00806. The highest BCUT2D eigenvalue weighted by Gasteiger charge is 2.36. The van der Waals surface area contributed by atoms with Crippen molar-refractivity contribution in [3.63, 3.8) is 0 Å². The van der Waals surface area contributed by atoms with Crippen molar-refractivity contribution < 1.29 is 9.83 Å². The molecule has 1 atom stereocenters. The maximum atomic E-state index is 12.1. The molecule has 0 spiro atoms. The predicted octanol–water partition coefficient (Wildman–Crippen LogP) is 0.776. The Morgan fingerprint density at radius 3 is 2.71 bits per heavy atom. The molecule has 0 aromatic rings. The van der Waals surface area contributed by atoms with Crippen LogP contribution in [-0.2, 0) is 4.79 Å². The number of nitrogens with zero attached hydrogens (tertiary/aromatic N) is 3. The summed E-state index contributed by atoms with van der Waals surface area (Å²) in [4.78, 5) is 23.3. The molecule has 1 unspecified atom stereocenters. The topological polar surface area (TPSA) is 87.8 Å². The van der Waals surface area contributed by atoms with Crippen LogP contribution in [0, 0.1) is 15.5 Å². The van der Waals surface area contributed by atoms with Gasteiger partial charge in [0.1, 0.15) is 5.10 Å². The van der Waals surface area contributed by atoms with E-state index < -0.39 is 9.86 Å². The van der Waals surface area contributed by atoms with Crippen LogP contribution in [0.2, 0.25) is 0 Å². The van der Waals surface area contributed by atoms with Gasteiger partial charge in [-0.05, 0) is 5.41 Å². The summed E-state index contributed by atoms with van der Waals surface area (Å²) in [5, 5.41) is 15.4. The predicted molar refractivity (Wildman–Crippen MR) is 66.3 cm³/mol. The summed E-state index contributed by atoms with van der Waals surface area (Å²) in [6.07, 6.45) is 0. The summed E-state index contributed by atoms with van der Waals surface area (Å²) in [5.74, 6) is -0.211. The lowest BCUT2D eigenvalue weighted by Gasteiger charge is -2.27. The fourth-order valence-corrected chi connectivity index (χ4v) is 1.62. The third-order valence-corrected chi connectivity index (χ3v) is 4.06. The summed E-state index contributed by atoms with van der Waals surface area (Å²) in [7, 11) is 0. The minimum Gasteiger partial charge on any atom is -0.349 e. The molecule has 1 N–H and O–H groups in total. The van der Waals surface area contributed by atoms with Crippen LogP contribution in [0.3, 0.4) is 0 Å². The summed E-state index contributed by atoms with van der Waals surface area (Å²) in [5.41, 5.74) is -0.264. The van der Waals surface area contributed by atoms with Crippen LogP contribution in [0.4, 0.5) is 0 Å². The van der Waals surface area contributed by atoms with Gasteiger partial charge < -0.3 is 5.32 Å². The van der Waals surface area contributed by atoms with E-state index in [-0.39, 0.29) is 17.3 Å². The molecule has 0 saturated carbocycles. The van der Waals surface area contributed by atoms with E-state index in [9.17, 15) is 14.9 Å². The van der Waals surface area contributed by atoms with Crippen molar-refractivity contribution in [3.05, 3.63) is 10.1 Å². The molecule has 8 heteroatoms. The molecule has 0 aromatic heterocycles. The van der Waals surface area contributed by atoms with Gasteiger partial charge >= 0.3 is 0 Å². The fraction of sp³-hybridized carbons (Fsp3) is 0.778. The van der Waals surface area contributed by atoms with Crippen molar-refractivity contribution >= 4 is 27.8 Å². The number of halogens is 1. The first-order valence-electron chi connectivity index (χ1n) is 5.16. The van der Waals surface area contributed by atoms with E-state index in [0.29, 0.717) is 13.1 Å². The zero-order valence-electron chi connectivity index (χ0n) is 9.94. The Kier molecular flexibility index (Phi) is 4.07. The molecule has 1 aliphatic heterocycles. The first kappa shape index (κ1) is 13.9. The number of guanidine groups is 1. The number of hydrogen-bond donors (Lipinski definition) is 1. The van der Waals surface area contributed by atoms with Crippen LogP contribution in [-0.4, -0.2) is 39.7 Å². The van der Waals surface area contributed by atoms with E-state index in [1.54, 1.807) is 0 Å². The van der Waals surface area contributed by atoms with E-state index in [0.717, 1.165) is 0 Å². The molecule has 96 valence electrons.